The van der Waals surface area contributed by atoms with Gasteiger partial charge in [0.25, 0.3) is 0 Å². The molecule has 1 saturated heterocycles. The van der Waals surface area contributed by atoms with Gasteiger partial charge in [-0.25, -0.2) is 13.1 Å². The lowest BCUT2D eigenvalue weighted by atomic mass is 10.0. The minimum atomic E-state index is -3.55. The summed E-state index contributed by atoms with van der Waals surface area (Å²) in [6, 6.07) is 5.02. The lowest BCUT2D eigenvalue weighted by molar-refractivity contribution is -0.116. The van der Waals surface area contributed by atoms with Crippen molar-refractivity contribution in [1.29, 1.82) is 0 Å². The third-order valence-corrected chi connectivity index (χ3v) is 5.77. The van der Waals surface area contributed by atoms with Gasteiger partial charge in [0, 0.05) is 31.7 Å². The van der Waals surface area contributed by atoms with Crippen LogP contribution >= 0.6 is 0 Å². The zero-order chi connectivity index (χ0) is 15.7. The molecular formula is C15H21N3O3S. The van der Waals surface area contributed by atoms with Crippen LogP contribution in [0.2, 0.25) is 0 Å². The summed E-state index contributed by atoms with van der Waals surface area (Å²) in [4.78, 5) is 13.6. The lowest BCUT2D eigenvalue weighted by Crippen LogP contribution is -2.37. The SMILES string of the molecule is CC(=O)N1CCCc2ccc(S(=O)(=O)NC3CCNC3)cc21. The molecule has 3 rings (SSSR count). The van der Waals surface area contributed by atoms with Crippen molar-refractivity contribution >= 4 is 21.6 Å². The van der Waals surface area contributed by atoms with Crippen molar-refractivity contribution < 1.29 is 13.2 Å². The second kappa shape index (κ2) is 5.98. The molecule has 6 nitrogen and oxygen atoms in total. The summed E-state index contributed by atoms with van der Waals surface area (Å²) in [6.45, 7) is 3.64. The topological polar surface area (TPSA) is 78.5 Å². The molecule has 1 atom stereocenters. The predicted molar refractivity (Wildman–Crippen MR) is 84.4 cm³/mol. The summed E-state index contributed by atoms with van der Waals surface area (Å²) in [7, 11) is -3.55. The number of hydrogen-bond donors (Lipinski definition) is 2. The molecule has 0 radical (unpaired) electrons. The van der Waals surface area contributed by atoms with Gasteiger partial charge >= 0.3 is 0 Å². The first-order chi connectivity index (χ1) is 10.5. The van der Waals surface area contributed by atoms with E-state index in [1.165, 1.54) is 6.92 Å². The average Bonchev–Trinajstić information content (AvgIpc) is 2.98. The van der Waals surface area contributed by atoms with Gasteiger partial charge in [-0.05, 0) is 43.5 Å². The number of fused-ring (bicyclic) bond motifs is 1. The van der Waals surface area contributed by atoms with Crippen LogP contribution in [0, 0.1) is 0 Å². The number of rotatable bonds is 3. The van der Waals surface area contributed by atoms with Crippen LogP contribution in [0.3, 0.4) is 0 Å². The number of aryl methyl sites for hydroxylation is 1. The molecule has 0 spiro atoms. The Kier molecular flexibility index (Phi) is 4.20. The van der Waals surface area contributed by atoms with Gasteiger partial charge < -0.3 is 10.2 Å². The van der Waals surface area contributed by atoms with Gasteiger partial charge in [-0.15, -0.1) is 0 Å². The largest absolute Gasteiger partial charge is 0.315 e. The minimum absolute atomic E-state index is 0.0524. The van der Waals surface area contributed by atoms with E-state index in [0.29, 0.717) is 13.1 Å². The van der Waals surface area contributed by atoms with E-state index >= 15 is 0 Å². The standard InChI is InChI=1S/C15H21N3O3S/c1-11(19)18-8-2-3-12-4-5-14(9-15(12)18)22(20,21)17-13-6-7-16-10-13/h4-5,9,13,16-17H,2-3,6-8,10H2,1H3. The number of carbonyl (C=O) groups is 1. The molecule has 0 aromatic heterocycles. The average molecular weight is 323 g/mol. The molecule has 2 heterocycles. The third-order valence-electron chi connectivity index (χ3n) is 4.25. The van der Waals surface area contributed by atoms with Crippen molar-refractivity contribution in [1.82, 2.24) is 10.0 Å². The van der Waals surface area contributed by atoms with Crippen molar-refractivity contribution in [2.45, 2.75) is 37.1 Å². The molecule has 1 aromatic carbocycles. The van der Waals surface area contributed by atoms with Crippen LogP contribution in [0.5, 0.6) is 0 Å². The van der Waals surface area contributed by atoms with Gasteiger partial charge in [-0.1, -0.05) is 6.07 Å². The zero-order valence-electron chi connectivity index (χ0n) is 12.6. The molecule has 1 amide bonds. The van der Waals surface area contributed by atoms with Crippen LogP contribution in [0.15, 0.2) is 23.1 Å². The van der Waals surface area contributed by atoms with Crippen LogP contribution in [0.4, 0.5) is 5.69 Å². The Balaban J connectivity index is 1.91. The summed E-state index contributed by atoms with van der Waals surface area (Å²) in [5.74, 6) is -0.0524. The quantitative estimate of drug-likeness (QED) is 0.855. The van der Waals surface area contributed by atoms with Gasteiger partial charge in [0.15, 0.2) is 0 Å². The lowest BCUT2D eigenvalue weighted by Gasteiger charge is -2.29. The Labute approximate surface area is 130 Å². The number of anilines is 1. The number of sulfonamides is 1. The maximum Gasteiger partial charge on any atom is 0.240 e. The monoisotopic (exact) mass is 323 g/mol. The van der Waals surface area contributed by atoms with E-state index in [1.807, 2.05) is 6.07 Å². The number of benzene rings is 1. The van der Waals surface area contributed by atoms with Gasteiger partial charge in [-0.3, -0.25) is 4.79 Å². The molecule has 2 aliphatic rings. The maximum absolute atomic E-state index is 12.5. The highest BCUT2D eigenvalue weighted by molar-refractivity contribution is 7.89. The highest BCUT2D eigenvalue weighted by Gasteiger charge is 2.26. The van der Waals surface area contributed by atoms with Crippen LogP contribution in [0.1, 0.15) is 25.3 Å². The van der Waals surface area contributed by atoms with Gasteiger partial charge in [-0.2, -0.15) is 0 Å². The molecule has 7 heteroatoms. The van der Waals surface area contributed by atoms with Gasteiger partial charge in [0.2, 0.25) is 15.9 Å². The maximum atomic E-state index is 12.5. The second-order valence-corrected chi connectivity index (χ2v) is 7.59. The van der Waals surface area contributed by atoms with E-state index in [2.05, 4.69) is 10.0 Å². The summed E-state index contributed by atoms with van der Waals surface area (Å²) in [6.07, 6.45) is 2.58. The van der Waals surface area contributed by atoms with E-state index in [0.717, 1.165) is 37.1 Å². The molecule has 2 aliphatic heterocycles. The van der Waals surface area contributed by atoms with Crippen molar-refractivity contribution in [2.24, 2.45) is 0 Å². The summed E-state index contributed by atoms with van der Waals surface area (Å²) in [5.41, 5.74) is 1.76. The van der Waals surface area contributed by atoms with Crippen LogP contribution in [-0.4, -0.2) is 40.0 Å². The number of nitrogens with one attached hydrogen (secondary N) is 2. The Hall–Kier alpha value is -1.44. The molecule has 2 N–H and O–H groups in total. The summed E-state index contributed by atoms with van der Waals surface area (Å²) < 4.78 is 27.7. The predicted octanol–water partition coefficient (Wildman–Crippen LogP) is 0.626. The Morgan fingerprint density at radius 2 is 2.23 bits per heavy atom. The van der Waals surface area contributed by atoms with Gasteiger partial charge in [0.05, 0.1) is 4.90 Å². The molecule has 0 aliphatic carbocycles. The molecule has 22 heavy (non-hydrogen) atoms. The number of amides is 1. The fourth-order valence-corrected chi connectivity index (χ4v) is 4.38. The number of hydrogen-bond acceptors (Lipinski definition) is 4. The molecule has 0 bridgehead atoms. The number of nitrogens with zero attached hydrogens (tertiary/aromatic N) is 1. The van der Waals surface area contributed by atoms with Crippen LogP contribution in [0.25, 0.3) is 0 Å². The summed E-state index contributed by atoms with van der Waals surface area (Å²) in [5, 5.41) is 3.14. The Morgan fingerprint density at radius 1 is 1.41 bits per heavy atom. The third kappa shape index (κ3) is 3.02. The first-order valence-electron chi connectivity index (χ1n) is 7.61. The van der Waals surface area contributed by atoms with E-state index in [1.54, 1.807) is 17.0 Å². The highest BCUT2D eigenvalue weighted by atomic mass is 32.2. The number of carbonyl (C=O) groups excluding carboxylic acids is 1. The second-order valence-electron chi connectivity index (χ2n) is 5.88. The fraction of sp³-hybridized carbons (Fsp3) is 0.533. The zero-order valence-corrected chi connectivity index (χ0v) is 13.4. The van der Waals surface area contributed by atoms with Crippen LogP contribution in [-0.2, 0) is 21.2 Å². The van der Waals surface area contributed by atoms with E-state index in [-0.39, 0.29) is 16.8 Å². The molecule has 1 unspecified atom stereocenters. The molecule has 1 aromatic rings. The van der Waals surface area contributed by atoms with E-state index in [4.69, 9.17) is 0 Å². The normalized spacial score (nSPS) is 21.7. The van der Waals surface area contributed by atoms with E-state index in [9.17, 15) is 13.2 Å². The van der Waals surface area contributed by atoms with Crippen molar-refractivity contribution in [3.05, 3.63) is 23.8 Å². The first-order valence-corrected chi connectivity index (χ1v) is 9.10. The molecule has 0 saturated carbocycles. The Bertz CT molecular complexity index is 681. The highest BCUT2D eigenvalue weighted by Crippen LogP contribution is 2.30. The molecular weight excluding hydrogens is 302 g/mol. The summed E-state index contributed by atoms with van der Waals surface area (Å²) >= 11 is 0. The van der Waals surface area contributed by atoms with Crippen molar-refractivity contribution in [3.63, 3.8) is 0 Å². The molecule has 1 fully saturated rings. The van der Waals surface area contributed by atoms with Crippen molar-refractivity contribution in [3.8, 4) is 0 Å². The van der Waals surface area contributed by atoms with Crippen LogP contribution < -0.4 is 14.9 Å². The first kappa shape index (κ1) is 15.5. The van der Waals surface area contributed by atoms with Crippen molar-refractivity contribution in [2.75, 3.05) is 24.5 Å². The fourth-order valence-electron chi connectivity index (χ4n) is 3.09. The smallest absolute Gasteiger partial charge is 0.240 e. The molecule has 120 valence electrons. The van der Waals surface area contributed by atoms with Gasteiger partial charge in [0.1, 0.15) is 0 Å². The van der Waals surface area contributed by atoms with E-state index < -0.39 is 10.0 Å². The minimum Gasteiger partial charge on any atom is -0.315 e. The Morgan fingerprint density at radius 3 is 2.91 bits per heavy atom.